The molecule has 0 amide bonds. The van der Waals surface area contributed by atoms with Crippen LogP contribution in [0, 0.1) is 25.2 Å². The smallest absolute Gasteiger partial charge is 0.322 e. The third-order valence-electron chi connectivity index (χ3n) is 2.72. The van der Waals surface area contributed by atoms with Gasteiger partial charge in [0.2, 0.25) is 0 Å². The van der Waals surface area contributed by atoms with Crippen molar-refractivity contribution in [1.82, 2.24) is 4.98 Å². The van der Waals surface area contributed by atoms with E-state index >= 15 is 0 Å². The fraction of sp³-hybridized carbons (Fsp3) is 0.143. The highest BCUT2D eigenvalue weighted by Crippen LogP contribution is 2.32. The molecule has 5 heteroatoms. The molecule has 1 heterocycles. The summed E-state index contributed by atoms with van der Waals surface area (Å²) in [5.41, 5.74) is 2.28. The van der Waals surface area contributed by atoms with E-state index in [4.69, 9.17) is 4.65 Å². The number of nitriles is 1. The minimum absolute atomic E-state index is 0.537. The average Bonchev–Trinajstić information content (AvgIpc) is 2.75. The number of hydrogen-bond acceptors (Lipinski definition) is 4. The van der Waals surface area contributed by atoms with Crippen LogP contribution in [0.25, 0.3) is 11.3 Å². The highest BCUT2D eigenvalue weighted by molar-refractivity contribution is 7.12. The molecule has 2 rings (SSSR count). The zero-order chi connectivity index (χ0) is 13.8. The predicted octanol–water partition coefficient (Wildman–Crippen LogP) is 2.72. The van der Waals surface area contributed by atoms with Crippen molar-refractivity contribution in [1.29, 1.82) is 5.26 Å². The lowest BCUT2D eigenvalue weighted by Gasteiger charge is -2.09. The van der Waals surface area contributed by atoms with E-state index in [-0.39, 0.29) is 0 Å². The number of benzene rings is 1. The second kappa shape index (κ2) is 5.72. The molecule has 0 spiro atoms. The molecule has 3 nitrogen and oxygen atoms in total. The van der Waals surface area contributed by atoms with Crippen LogP contribution in [0.2, 0.25) is 0 Å². The Labute approximate surface area is 117 Å². The van der Waals surface area contributed by atoms with Gasteiger partial charge in [-0.2, -0.15) is 5.26 Å². The molecule has 0 saturated carbocycles. The maximum atomic E-state index is 9.44. The van der Waals surface area contributed by atoms with Gasteiger partial charge in [0.25, 0.3) is 0 Å². The number of hydrogen-bond donors (Lipinski definition) is 0. The van der Waals surface area contributed by atoms with Gasteiger partial charge in [0, 0.05) is 0 Å². The number of aryl methyl sites for hydroxylation is 2. The third-order valence-corrected chi connectivity index (χ3v) is 3.79. The van der Waals surface area contributed by atoms with E-state index in [1.54, 1.807) is 19.4 Å². The first-order chi connectivity index (χ1) is 9.17. The maximum Gasteiger partial charge on any atom is 0.322 e. The molecule has 0 aliphatic heterocycles. The second-order valence-electron chi connectivity index (χ2n) is 4.03. The fourth-order valence-corrected chi connectivity index (χ4v) is 2.85. The van der Waals surface area contributed by atoms with E-state index in [9.17, 15) is 5.26 Å². The van der Waals surface area contributed by atoms with Crippen molar-refractivity contribution in [3.05, 3.63) is 51.5 Å². The normalized spacial score (nSPS) is 11.6. The molecule has 0 aliphatic rings. The molecule has 0 bridgehead atoms. The van der Waals surface area contributed by atoms with Gasteiger partial charge >= 0.3 is 8.05 Å². The maximum absolute atomic E-state index is 9.44. The Kier molecular flexibility index (Phi) is 4.03. The summed E-state index contributed by atoms with van der Waals surface area (Å²) in [7, 11) is 1.59. The number of thiazole rings is 1. The first-order valence-corrected chi connectivity index (χ1v) is 6.67. The first kappa shape index (κ1) is 13.4. The lowest BCUT2D eigenvalue weighted by atomic mass is 10.0. The van der Waals surface area contributed by atoms with Crippen LogP contribution in [0.5, 0.6) is 0 Å². The van der Waals surface area contributed by atoms with E-state index in [2.05, 4.69) is 11.1 Å². The highest BCUT2D eigenvalue weighted by atomic mass is 32.1. The van der Waals surface area contributed by atoms with Crippen LogP contribution in [-0.4, -0.2) is 13.0 Å². The van der Waals surface area contributed by atoms with Crippen LogP contribution in [-0.2, 0) is 4.65 Å². The zero-order valence-corrected chi connectivity index (χ0v) is 11.9. The molecular weight excluding hydrogens is 255 g/mol. The Bertz CT molecular complexity index is 656. The molecular formula is C14H13BN2OS. The fourth-order valence-electron chi connectivity index (χ4n) is 1.90. The van der Waals surface area contributed by atoms with E-state index in [0.29, 0.717) is 11.3 Å². The summed E-state index contributed by atoms with van der Waals surface area (Å²) in [6.45, 7) is 3.88. The second-order valence-corrected chi connectivity index (χ2v) is 5.24. The van der Waals surface area contributed by atoms with Crippen molar-refractivity contribution in [2.45, 2.75) is 13.8 Å². The van der Waals surface area contributed by atoms with Gasteiger partial charge in [-0.15, -0.1) is 11.3 Å². The average molecular weight is 268 g/mol. The summed E-state index contributed by atoms with van der Waals surface area (Å²) in [6.07, 6.45) is 0. The largest absolute Gasteiger partial charge is 0.566 e. The lowest BCUT2D eigenvalue weighted by molar-refractivity contribution is 0.576. The molecule has 1 aromatic carbocycles. The Balaban J connectivity index is 2.64. The van der Waals surface area contributed by atoms with Crippen LogP contribution in [0.3, 0.4) is 0 Å². The molecule has 1 aromatic heterocycles. The van der Waals surface area contributed by atoms with Crippen molar-refractivity contribution in [3.63, 3.8) is 0 Å². The van der Waals surface area contributed by atoms with Gasteiger partial charge in [-0.1, -0.05) is 30.3 Å². The van der Waals surface area contributed by atoms with E-state index in [0.717, 1.165) is 21.1 Å². The van der Waals surface area contributed by atoms with Gasteiger partial charge in [0.15, 0.2) is 0 Å². The van der Waals surface area contributed by atoms with Crippen LogP contribution in [0.15, 0.2) is 30.3 Å². The van der Waals surface area contributed by atoms with Gasteiger partial charge in [-0.3, -0.25) is 0 Å². The van der Waals surface area contributed by atoms with Crippen molar-refractivity contribution in [2.24, 2.45) is 0 Å². The summed E-state index contributed by atoms with van der Waals surface area (Å²) in [4.78, 5) is 5.30. The van der Waals surface area contributed by atoms with Gasteiger partial charge < -0.3 is 4.65 Å². The molecule has 0 saturated heterocycles. The minimum atomic E-state index is 0.537. The lowest BCUT2D eigenvalue weighted by Crippen LogP contribution is -1.94. The van der Waals surface area contributed by atoms with Crippen molar-refractivity contribution < 1.29 is 4.65 Å². The Hall–Kier alpha value is -2.06. The monoisotopic (exact) mass is 268 g/mol. The molecule has 0 atom stereocenters. The van der Waals surface area contributed by atoms with Gasteiger partial charge in [-0.05, 0) is 19.4 Å². The molecule has 0 radical (unpaired) electrons. The van der Waals surface area contributed by atoms with Gasteiger partial charge in [0.05, 0.1) is 15.6 Å². The van der Waals surface area contributed by atoms with E-state index in [1.807, 2.05) is 44.2 Å². The van der Waals surface area contributed by atoms with Crippen molar-refractivity contribution in [3.8, 4) is 6.07 Å². The van der Waals surface area contributed by atoms with E-state index in [1.165, 1.54) is 0 Å². The van der Waals surface area contributed by atoms with Gasteiger partial charge in [0.1, 0.15) is 17.4 Å². The molecule has 2 aromatic rings. The third kappa shape index (κ3) is 2.69. The van der Waals surface area contributed by atoms with Crippen LogP contribution in [0.4, 0.5) is 0 Å². The zero-order valence-electron chi connectivity index (χ0n) is 11.1. The first-order valence-electron chi connectivity index (χ1n) is 5.85. The van der Waals surface area contributed by atoms with E-state index < -0.39 is 0 Å². The number of aromatic nitrogens is 1. The van der Waals surface area contributed by atoms with Crippen LogP contribution >= 0.6 is 11.3 Å². The van der Waals surface area contributed by atoms with Crippen LogP contribution in [0.1, 0.15) is 21.1 Å². The molecule has 0 unspecified atom stereocenters. The molecule has 0 fully saturated rings. The minimum Gasteiger partial charge on any atom is -0.566 e. The Morgan fingerprint density at radius 3 is 2.47 bits per heavy atom. The topological polar surface area (TPSA) is 45.9 Å². The highest BCUT2D eigenvalue weighted by Gasteiger charge is 2.16. The summed E-state index contributed by atoms with van der Waals surface area (Å²) < 4.78 is 5.47. The molecule has 94 valence electrons. The standard InChI is InChI=1S/C14H13BN2OS/c1-9-14(19-10(2)17-9)13(18-15)12(8-16)11-6-4-3-5-7-11/h3-7H,15H2,1-2H3. The number of nitrogens with zero attached hydrogens (tertiary/aromatic N) is 2. The van der Waals surface area contributed by atoms with Gasteiger partial charge in [-0.25, -0.2) is 4.98 Å². The predicted molar refractivity (Wildman–Crippen MR) is 80.1 cm³/mol. The molecule has 0 N–H and O–H groups in total. The van der Waals surface area contributed by atoms with Crippen LogP contribution < -0.4 is 0 Å². The Morgan fingerprint density at radius 1 is 1.32 bits per heavy atom. The molecule has 19 heavy (non-hydrogen) atoms. The summed E-state index contributed by atoms with van der Waals surface area (Å²) >= 11 is 1.54. The summed E-state index contributed by atoms with van der Waals surface area (Å²) in [5.74, 6) is 0.594. The summed E-state index contributed by atoms with van der Waals surface area (Å²) in [6, 6.07) is 11.8. The van der Waals surface area contributed by atoms with Crippen molar-refractivity contribution in [2.75, 3.05) is 0 Å². The van der Waals surface area contributed by atoms with Crippen molar-refractivity contribution >= 4 is 30.7 Å². The number of rotatable bonds is 3. The molecule has 0 aliphatic carbocycles. The SMILES string of the molecule is BOC(=C(C#N)c1ccccc1)c1sc(C)nc1C. The Morgan fingerprint density at radius 2 is 2.00 bits per heavy atom. The number of allylic oxidation sites excluding steroid dienone is 1. The quantitative estimate of drug-likeness (QED) is 0.488. The summed E-state index contributed by atoms with van der Waals surface area (Å²) in [5, 5.41) is 10.4.